The third-order valence-corrected chi connectivity index (χ3v) is 4.42. The number of carbonyl (C=O) groups excluding carboxylic acids is 1. The summed E-state index contributed by atoms with van der Waals surface area (Å²) in [6.45, 7) is 3.02. The van der Waals surface area contributed by atoms with Crippen LogP contribution in [-0.4, -0.2) is 37.0 Å². The third kappa shape index (κ3) is 4.45. The van der Waals surface area contributed by atoms with E-state index in [0.29, 0.717) is 23.2 Å². The molecule has 0 aromatic heterocycles. The van der Waals surface area contributed by atoms with Gasteiger partial charge in [0.2, 0.25) is 5.91 Å². The van der Waals surface area contributed by atoms with Crippen molar-refractivity contribution in [3.8, 4) is 0 Å². The van der Waals surface area contributed by atoms with Crippen molar-refractivity contribution >= 4 is 39.1 Å². The van der Waals surface area contributed by atoms with Crippen LogP contribution in [0.2, 0.25) is 5.02 Å². The lowest BCUT2D eigenvalue weighted by Gasteiger charge is -2.30. The molecule has 1 amide bonds. The van der Waals surface area contributed by atoms with Crippen LogP contribution in [0, 0.1) is 5.92 Å². The van der Waals surface area contributed by atoms with E-state index in [1.807, 2.05) is 6.07 Å². The third-order valence-electron chi connectivity index (χ3n) is 3.61. The van der Waals surface area contributed by atoms with E-state index >= 15 is 0 Å². The topological polar surface area (TPSA) is 58.4 Å². The molecule has 1 fully saturated rings. The Morgan fingerprint density at radius 3 is 2.75 bits per heavy atom. The quantitative estimate of drug-likeness (QED) is 0.868. The predicted octanol–water partition coefficient (Wildman–Crippen LogP) is 2.71. The summed E-state index contributed by atoms with van der Waals surface area (Å²) in [5.74, 6) is 0.579. The first-order chi connectivity index (χ1) is 9.58. The summed E-state index contributed by atoms with van der Waals surface area (Å²) >= 11 is 9.42. The monoisotopic (exact) mass is 359 g/mol. The summed E-state index contributed by atoms with van der Waals surface area (Å²) in [5, 5.41) is 3.39. The van der Waals surface area contributed by atoms with Crippen molar-refractivity contribution in [3.63, 3.8) is 0 Å². The highest BCUT2D eigenvalue weighted by Gasteiger charge is 2.20. The zero-order chi connectivity index (χ0) is 14.5. The Bertz CT molecular complexity index is 475. The second-order valence-electron chi connectivity index (χ2n) is 5.13. The maximum absolute atomic E-state index is 12.0. The van der Waals surface area contributed by atoms with Gasteiger partial charge >= 0.3 is 0 Å². The molecule has 6 heteroatoms. The molecular weight excluding hydrogens is 342 g/mol. The van der Waals surface area contributed by atoms with Gasteiger partial charge in [-0.3, -0.25) is 9.69 Å². The summed E-state index contributed by atoms with van der Waals surface area (Å²) in [4.78, 5) is 14.2. The lowest BCUT2D eigenvalue weighted by atomic mass is 9.97. The van der Waals surface area contributed by atoms with Gasteiger partial charge in [-0.15, -0.1) is 0 Å². The first kappa shape index (κ1) is 15.8. The van der Waals surface area contributed by atoms with Gasteiger partial charge in [0.05, 0.1) is 17.3 Å². The Kier molecular flexibility index (Phi) is 5.84. The van der Waals surface area contributed by atoms with Gasteiger partial charge in [0, 0.05) is 4.47 Å². The molecule has 0 spiro atoms. The van der Waals surface area contributed by atoms with E-state index in [1.54, 1.807) is 12.1 Å². The number of hydrogen-bond donors (Lipinski definition) is 2. The number of nitrogens with one attached hydrogen (secondary N) is 1. The zero-order valence-electron chi connectivity index (χ0n) is 11.2. The molecule has 0 radical (unpaired) electrons. The number of benzene rings is 1. The average Bonchev–Trinajstić information content (AvgIpc) is 2.43. The molecule has 0 saturated carbocycles. The number of carbonyl (C=O) groups is 1. The Morgan fingerprint density at radius 1 is 1.45 bits per heavy atom. The SMILES string of the molecule is NCC1CCN(CC(=O)Nc2ccc(Br)cc2Cl)CC1. The number of nitrogens with two attached hydrogens (primary N) is 1. The fraction of sp³-hybridized carbons (Fsp3) is 0.500. The molecule has 1 aliphatic heterocycles. The molecule has 2 rings (SSSR count). The van der Waals surface area contributed by atoms with Crippen LogP contribution in [0.4, 0.5) is 5.69 Å². The molecule has 0 unspecified atom stereocenters. The smallest absolute Gasteiger partial charge is 0.238 e. The fourth-order valence-electron chi connectivity index (χ4n) is 2.36. The summed E-state index contributed by atoms with van der Waals surface area (Å²) in [7, 11) is 0. The van der Waals surface area contributed by atoms with Crippen molar-refractivity contribution in [2.24, 2.45) is 11.7 Å². The van der Waals surface area contributed by atoms with Gasteiger partial charge in [-0.1, -0.05) is 27.5 Å². The summed E-state index contributed by atoms with van der Waals surface area (Å²) < 4.78 is 0.893. The predicted molar refractivity (Wildman–Crippen MR) is 86.0 cm³/mol. The van der Waals surface area contributed by atoms with E-state index in [-0.39, 0.29) is 5.91 Å². The van der Waals surface area contributed by atoms with Crippen molar-refractivity contribution in [1.82, 2.24) is 4.90 Å². The van der Waals surface area contributed by atoms with Crippen LogP contribution >= 0.6 is 27.5 Å². The average molecular weight is 361 g/mol. The van der Waals surface area contributed by atoms with E-state index in [4.69, 9.17) is 17.3 Å². The van der Waals surface area contributed by atoms with Crippen molar-refractivity contribution in [1.29, 1.82) is 0 Å². The van der Waals surface area contributed by atoms with Crippen LogP contribution in [0.15, 0.2) is 22.7 Å². The highest BCUT2D eigenvalue weighted by Crippen LogP contribution is 2.25. The molecule has 1 aromatic rings. The molecule has 20 heavy (non-hydrogen) atoms. The molecule has 1 saturated heterocycles. The minimum Gasteiger partial charge on any atom is -0.330 e. The van der Waals surface area contributed by atoms with Gasteiger partial charge in [-0.05, 0) is 56.6 Å². The van der Waals surface area contributed by atoms with E-state index in [2.05, 4.69) is 26.1 Å². The van der Waals surface area contributed by atoms with Gasteiger partial charge in [-0.2, -0.15) is 0 Å². The van der Waals surface area contributed by atoms with E-state index in [0.717, 1.165) is 36.9 Å². The molecule has 1 aromatic carbocycles. The second-order valence-corrected chi connectivity index (χ2v) is 6.45. The van der Waals surface area contributed by atoms with Gasteiger partial charge in [0.25, 0.3) is 0 Å². The molecule has 0 atom stereocenters. The molecule has 3 N–H and O–H groups in total. The Hall–Kier alpha value is -0.620. The molecule has 1 heterocycles. The maximum atomic E-state index is 12.0. The summed E-state index contributed by atoms with van der Waals surface area (Å²) in [5.41, 5.74) is 6.31. The highest BCUT2D eigenvalue weighted by atomic mass is 79.9. The number of halogens is 2. The van der Waals surface area contributed by atoms with E-state index in [9.17, 15) is 4.79 Å². The normalized spacial score (nSPS) is 17.1. The van der Waals surface area contributed by atoms with Gasteiger partial charge in [-0.25, -0.2) is 0 Å². The number of piperidine rings is 1. The van der Waals surface area contributed by atoms with Crippen LogP contribution in [0.5, 0.6) is 0 Å². The number of nitrogens with zero attached hydrogens (tertiary/aromatic N) is 1. The van der Waals surface area contributed by atoms with Gasteiger partial charge in [0.15, 0.2) is 0 Å². The minimum atomic E-state index is -0.0274. The first-order valence-corrected chi connectivity index (χ1v) is 7.93. The van der Waals surface area contributed by atoms with Crippen molar-refractivity contribution in [3.05, 3.63) is 27.7 Å². The minimum absolute atomic E-state index is 0.0274. The molecule has 1 aliphatic rings. The molecule has 0 bridgehead atoms. The summed E-state index contributed by atoms with van der Waals surface area (Å²) in [6, 6.07) is 5.42. The fourth-order valence-corrected chi connectivity index (χ4v) is 3.08. The highest BCUT2D eigenvalue weighted by molar-refractivity contribution is 9.10. The number of hydrogen-bond acceptors (Lipinski definition) is 3. The lowest BCUT2D eigenvalue weighted by Crippen LogP contribution is -2.40. The van der Waals surface area contributed by atoms with Crippen molar-refractivity contribution in [2.45, 2.75) is 12.8 Å². The molecule has 0 aliphatic carbocycles. The van der Waals surface area contributed by atoms with Gasteiger partial charge < -0.3 is 11.1 Å². The standard InChI is InChI=1S/C14H19BrClN3O/c15-11-1-2-13(12(16)7-11)18-14(20)9-19-5-3-10(8-17)4-6-19/h1-2,7,10H,3-6,8-9,17H2,(H,18,20). The van der Waals surface area contributed by atoms with Crippen LogP contribution in [0.25, 0.3) is 0 Å². The van der Waals surface area contributed by atoms with Crippen LogP contribution in [0.1, 0.15) is 12.8 Å². The maximum Gasteiger partial charge on any atom is 0.238 e. The number of likely N-dealkylation sites (tertiary alicyclic amines) is 1. The van der Waals surface area contributed by atoms with Crippen molar-refractivity contribution < 1.29 is 4.79 Å². The van der Waals surface area contributed by atoms with E-state index < -0.39 is 0 Å². The Morgan fingerprint density at radius 2 is 2.15 bits per heavy atom. The number of rotatable bonds is 4. The van der Waals surface area contributed by atoms with Crippen LogP contribution in [0.3, 0.4) is 0 Å². The van der Waals surface area contributed by atoms with E-state index in [1.165, 1.54) is 0 Å². The number of anilines is 1. The first-order valence-electron chi connectivity index (χ1n) is 6.76. The largest absolute Gasteiger partial charge is 0.330 e. The van der Waals surface area contributed by atoms with Gasteiger partial charge in [0.1, 0.15) is 0 Å². The van der Waals surface area contributed by atoms with Crippen LogP contribution < -0.4 is 11.1 Å². The molecular formula is C14H19BrClN3O. The lowest BCUT2D eigenvalue weighted by molar-refractivity contribution is -0.117. The molecule has 110 valence electrons. The Balaban J connectivity index is 1.84. The number of amides is 1. The van der Waals surface area contributed by atoms with Crippen molar-refractivity contribution in [2.75, 3.05) is 31.5 Å². The van der Waals surface area contributed by atoms with Crippen LogP contribution in [-0.2, 0) is 4.79 Å². The molecule has 4 nitrogen and oxygen atoms in total. The second kappa shape index (κ2) is 7.41. The Labute approximate surface area is 132 Å². The zero-order valence-corrected chi connectivity index (χ0v) is 13.6. The summed E-state index contributed by atoms with van der Waals surface area (Å²) in [6.07, 6.45) is 2.14.